The number of rotatable bonds is 5. The lowest BCUT2D eigenvalue weighted by Crippen LogP contribution is -2.45. The number of benzene rings is 1. The molecule has 1 aliphatic carbocycles. The molecule has 8 heteroatoms. The molecule has 4 rings (SSSR count). The molecule has 0 radical (unpaired) electrons. The largest absolute Gasteiger partial charge is 0.497 e. The van der Waals surface area contributed by atoms with Crippen LogP contribution < -0.4 is 4.74 Å². The van der Waals surface area contributed by atoms with E-state index in [1.165, 1.54) is 37.4 Å². The predicted molar refractivity (Wildman–Crippen MR) is 103 cm³/mol. The number of carbonyl (C=O) groups excluding carboxylic acids is 1. The van der Waals surface area contributed by atoms with Gasteiger partial charge in [0, 0.05) is 13.1 Å². The van der Waals surface area contributed by atoms with Crippen molar-refractivity contribution in [2.75, 3.05) is 26.0 Å². The molecule has 2 fully saturated rings. The first kappa shape index (κ1) is 18.3. The highest BCUT2D eigenvalue weighted by Crippen LogP contribution is 2.36. The Morgan fingerprint density at radius 1 is 1.19 bits per heavy atom. The van der Waals surface area contributed by atoms with Gasteiger partial charge in [-0.05, 0) is 59.4 Å². The van der Waals surface area contributed by atoms with Gasteiger partial charge in [0.1, 0.15) is 5.75 Å². The number of tetrazole rings is 1. The highest BCUT2D eigenvalue weighted by Gasteiger charge is 2.32. The quantitative estimate of drug-likeness (QED) is 0.735. The fourth-order valence-corrected chi connectivity index (χ4v) is 4.99. The SMILES string of the molecule is COc1ccc(-n2nnnc2SCC(=O)N2CC[C@@H]3CCCC[C@H]3C2)cc1. The van der Waals surface area contributed by atoms with E-state index >= 15 is 0 Å². The van der Waals surface area contributed by atoms with Gasteiger partial charge in [-0.2, -0.15) is 4.68 Å². The van der Waals surface area contributed by atoms with Crippen LogP contribution in [0.4, 0.5) is 0 Å². The van der Waals surface area contributed by atoms with Crippen LogP contribution in [0.15, 0.2) is 29.4 Å². The molecule has 144 valence electrons. The Labute approximate surface area is 163 Å². The van der Waals surface area contributed by atoms with Crippen molar-refractivity contribution in [2.45, 2.75) is 37.3 Å². The number of nitrogens with zero attached hydrogens (tertiary/aromatic N) is 5. The predicted octanol–water partition coefficient (Wildman–Crippen LogP) is 2.80. The lowest BCUT2D eigenvalue weighted by atomic mass is 9.75. The third kappa shape index (κ3) is 4.10. The molecular formula is C19H25N5O2S. The van der Waals surface area contributed by atoms with Crippen LogP contribution in [0.2, 0.25) is 0 Å². The maximum absolute atomic E-state index is 12.7. The minimum Gasteiger partial charge on any atom is -0.497 e. The number of aromatic nitrogens is 4. The molecule has 0 N–H and O–H groups in total. The third-order valence-electron chi connectivity index (χ3n) is 5.73. The second-order valence-corrected chi connectivity index (χ2v) is 8.24. The molecule has 0 unspecified atom stereocenters. The number of amides is 1. The van der Waals surface area contributed by atoms with Crippen LogP contribution in [-0.4, -0.2) is 57.0 Å². The van der Waals surface area contributed by atoms with E-state index in [9.17, 15) is 4.79 Å². The van der Waals surface area contributed by atoms with Crippen LogP contribution in [0.25, 0.3) is 5.69 Å². The van der Waals surface area contributed by atoms with Gasteiger partial charge in [-0.1, -0.05) is 31.0 Å². The molecule has 0 spiro atoms. The summed E-state index contributed by atoms with van der Waals surface area (Å²) < 4.78 is 6.84. The van der Waals surface area contributed by atoms with Gasteiger partial charge >= 0.3 is 0 Å². The summed E-state index contributed by atoms with van der Waals surface area (Å²) in [5.41, 5.74) is 0.846. The molecule has 2 heterocycles. The average molecular weight is 388 g/mol. The number of thioether (sulfide) groups is 1. The molecule has 1 amide bonds. The van der Waals surface area contributed by atoms with Crippen LogP contribution in [-0.2, 0) is 4.79 Å². The first-order valence-corrected chi connectivity index (χ1v) is 10.6. The summed E-state index contributed by atoms with van der Waals surface area (Å²) in [6, 6.07) is 7.53. The van der Waals surface area contributed by atoms with Crippen molar-refractivity contribution in [2.24, 2.45) is 11.8 Å². The summed E-state index contributed by atoms with van der Waals surface area (Å²) in [4.78, 5) is 14.8. The molecule has 2 aliphatic rings. The van der Waals surface area contributed by atoms with Crippen molar-refractivity contribution in [1.82, 2.24) is 25.1 Å². The van der Waals surface area contributed by atoms with Crippen molar-refractivity contribution < 1.29 is 9.53 Å². The standard InChI is InChI=1S/C19H25N5O2S/c1-26-17-8-6-16(7-9-17)24-19(20-21-22-24)27-13-18(25)23-11-10-14-4-2-3-5-15(14)12-23/h6-9,14-15H,2-5,10-13H2,1H3/t14-,15-/m0/s1. The molecule has 1 aliphatic heterocycles. The summed E-state index contributed by atoms with van der Waals surface area (Å²) in [5.74, 6) is 2.87. The van der Waals surface area contributed by atoms with E-state index in [2.05, 4.69) is 15.5 Å². The summed E-state index contributed by atoms with van der Waals surface area (Å²) in [7, 11) is 1.63. The topological polar surface area (TPSA) is 73.1 Å². The van der Waals surface area contributed by atoms with Crippen LogP contribution >= 0.6 is 11.8 Å². The first-order chi connectivity index (χ1) is 13.2. The van der Waals surface area contributed by atoms with Gasteiger partial charge in [0.15, 0.2) is 0 Å². The Bertz CT molecular complexity index is 779. The fraction of sp³-hybridized carbons (Fsp3) is 0.579. The van der Waals surface area contributed by atoms with Crippen molar-refractivity contribution in [1.29, 1.82) is 0 Å². The Kier molecular flexibility index (Phi) is 5.61. The number of fused-ring (bicyclic) bond motifs is 1. The lowest BCUT2D eigenvalue weighted by molar-refractivity contribution is -0.131. The average Bonchev–Trinajstić information content (AvgIpc) is 3.20. The molecule has 2 atom stereocenters. The fourth-order valence-electron chi connectivity index (χ4n) is 4.20. The smallest absolute Gasteiger partial charge is 0.233 e. The van der Waals surface area contributed by atoms with Crippen LogP contribution in [0.5, 0.6) is 5.75 Å². The first-order valence-electron chi connectivity index (χ1n) is 9.58. The zero-order chi connectivity index (χ0) is 18.6. The number of methoxy groups -OCH3 is 1. The number of hydrogen-bond donors (Lipinski definition) is 0. The minimum atomic E-state index is 0.188. The lowest BCUT2D eigenvalue weighted by Gasteiger charge is -2.41. The van der Waals surface area contributed by atoms with Gasteiger partial charge in [0.05, 0.1) is 18.6 Å². The second-order valence-electron chi connectivity index (χ2n) is 7.29. The molecule has 1 aromatic heterocycles. The van der Waals surface area contributed by atoms with Gasteiger partial charge in [0.25, 0.3) is 0 Å². The van der Waals surface area contributed by atoms with E-state index in [0.29, 0.717) is 16.8 Å². The molecule has 27 heavy (non-hydrogen) atoms. The molecule has 1 saturated carbocycles. The number of piperidine rings is 1. The van der Waals surface area contributed by atoms with E-state index in [0.717, 1.165) is 36.9 Å². The van der Waals surface area contributed by atoms with Gasteiger partial charge < -0.3 is 9.64 Å². The van der Waals surface area contributed by atoms with Crippen LogP contribution in [0, 0.1) is 11.8 Å². The Balaban J connectivity index is 1.36. The highest BCUT2D eigenvalue weighted by atomic mass is 32.2. The highest BCUT2D eigenvalue weighted by molar-refractivity contribution is 7.99. The zero-order valence-corrected chi connectivity index (χ0v) is 16.4. The summed E-state index contributed by atoms with van der Waals surface area (Å²) in [6.45, 7) is 1.82. The zero-order valence-electron chi connectivity index (χ0n) is 15.6. The number of carbonyl (C=O) groups is 1. The van der Waals surface area contributed by atoms with Crippen LogP contribution in [0.3, 0.4) is 0 Å². The van der Waals surface area contributed by atoms with E-state index in [1.807, 2.05) is 29.2 Å². The Morgan fingerprint density at radius 2 is 1.96 bits per heavy atom. The maximum Gasteiger partial charge on any atom is 0.233 e. The van der Waals surface area contributed by atoms with Gasteiger partial charge in [-0.25, -0.2) is 0 Å². The van der Waals surface area contributed by atoms with Crippen molar-refractivity contribution >= 4 is 17.7 Å². The van der Waals surface area contributed by atoms with Crippen molar-refractivity contribution in [3.63, 3.8) is 0 Å². The molecule has 0 bridgehead atoms. The van der Waals surface area contributed by atoms with E-state index in [-0.39, 0.29) is 5.91 Å². The summed E-state index contributed by atoms with van der Waals surface area (Å²) in [5, 5.41) is 12.5. The van der Waals surface area contributed by atoms with Crippen molar-refractivity contribution in [3.05, 3.63) is 24.3 Å². The number of ether oxygens (including phenoxy) is 1. The third-order valence-corrected chi connectivity index (χ3v) is 6.63. The normalized spacial score (nSPS) is 22.3. The molecule has 1 aromatic carbocycles. The molecule has 2 aromatic rings. The maximum atomic E-state index is 12.7. The van der Waals surface area contributed by atoms with Crippen LogP contribution in [0.1, 0.15) is 32.1 Å². The van der Waals surface area contributed by atoms with E-state index in [1.54, 1.807) is 11.8 Å². The number of hydrogen-bond acceptors (Lipinski definition) is 6. The summed E-state index contributed by atoms with van der Waals surface area (Å²) >= 11 is 1.39. The van der Waals surface area contributed by atoms with Gasteiger partial charge in [-0.3, -0.25) is 4.79 Å². The van der Waals surface area contributed by atoms with Gasteiger partial charge in [0.2, 0.25) is 11.1 Å². The Hall–Kier alpha value is -2.09. The monoisotopic (exact) mass is 387 g/mol. The van der Waals surface area contributed by atoms with E-state index in [4.69, 9.17) is 4.74 Å². The second kappa shape index (κ2) is 8.29. The molecule has 1 saturated heterocycles. The van der Waals surface area contributed by atoms with Crippen molar-refractivity contribution in [3.8, 4) is 11.4 Å². The molecule has 7 nitrogen and oxygen atoms in total. The van der Waals surface area contributed by atoms with E-state index < -0.39 is 0 Å². The summed E-state index contributed by atoms with van der Waals surface area (Å²) in [6.07, 6.45) is 6.45. The minimum absolute atomic E-state index is 0.188. The van der Waals surface area contributed by atoms with Gasteiger partial charge in [-0.15, -0.1) is 5.10 Å². The Morgan fingerprint density at radius 3 is 2.74 bits per heavy atom. The number of likely N-dealkylation sites (tertiary alicyclic amines) is 1. The molecular weight excluding hydrogens is 362 g/mol.